The number of pyridine rings is 2. The third kappa shape index (κ3) is 2.98. The van der Waals surface area contributed by atoms with Gasteiger partial charge in [0.25, 0.3) is 0 Å². The van der Waals surface area contributed by atoms with Crippen LogP contribution in [-0.2, 0) is 0 Å². The molecule has 0 spiro atoms. The third-order valence-corrected chi connectivity index (χ3v) is 4.12. The summed E-state index contributed by atoms with van der Waals surface area (Å²) in [5.74, 6) is 0. The van der Waals surface area contributed by atoms with Crippen LogP contribution in [0.25, 0.3) is 22.1 Å². The molecule has 4 aromatic rings. The van der Waals surface area contributed by atoms with Crippen LogP contribution in [0.4, 0.5) is 0 Å². The van der Waals surface area contributed by atoms with Gasteiger partial charge < -0.3 is 20.0 Å². The molecule has 4 heterocycles. The molecule has 6 nitrogen and oxygen atoms in total. The van der Waals surface area contributed by atoms with E-state index in [0.29, 0.717) is 11.1 Å². The molecule has 8 heteroatoms. The Balaban J connectivity index is 0.000000133. The van der Waals surface area contributed by atoms with Crippen molar-refractivity contribution in [2.45, 2.75) is 0 Å². The minimum atomic E-state index is -1.44. The molecule has 0 amide bonds. The summed E-state index contributed by atoms with van der Waals surface area (Å²) in [6.07, 6.45) is 6.96. The Hall–Kier alpha value is -1.91. The Morgan fingerprint density at radius 2 is 1.45 bits per heavy atom. The van der Waals surface area contributed by atoms with Crippen LogP contribution >= 0.6 is 22.6 Å². The lowest BCUT2D eigenvalue weighted by Gasteiger charge is -1.98. The highest BCUT2D eigenvalue weighted by Gasteiger charge is 2.14. The molecule has 0 fully saturated rings. The molecule has 0 bridgehead atoms. The maximum atomic E-state index is 8.95. The minimum Gasteiger partial charge on any atom is -0.423 e. The van der Waals surface area contributed by atoms with Crippen LogP contribution in [0.1, 0.15) is 0 Å². The van der Waals surface area contributed by atoms with E-state index in [4.69, 9.17) is 10.0 Å². The van der Waals surface area contributed by atoms with Crippen LogP contribution in [0.5, 0.6) is 0 Å². The molecular weight excluding hydrogens is 394 g/mol. The van der Waals surface area contributed by atoms with Crippen molar-refractivity contribution in [3.63, 3.8) is 0 Å². The maximum absolute atomic E-state index is 8.95. The van der Waals surface area contributed by atoms with Gasteiger partial charge in [0.2, 0.25) is 0 Å². The summed E-state index contributed by atoms with van der Waals surface area (Å²) in [7, 11) is -1.44. The van der Waals surface area contributed by atoms with E-state index in [-0.39, 0.29) is 0 Å². The molecule has 0 atom stereocenters. The summed E-state index contributed by atoms with van der Waals surface area (Å²) in [5.41, 5.74) is 2.11. The van der Waals surface area contributed by atoms with Crippen molar-refractivity contribution >= 4 is 57.2 Å². The lowest BCUT2D eigenvalue weighted by molar-refractivity contribution is 0.426. The number of hydrogen-bond acceptors (Lipinski definition) is 4. The second-order valence-electron chi connectivity index (χ2n) is 4.55. The number of hydrogen-bond donors (Lipinski definition) is 4. The normalized spacial score (nSPS) is 10.5. The van der Waals surface area contributed by atoms with Gasteiger partial charge in [-0.1, -0.05) is 0 Å². The van der Waals surface area contributed by atoms with Crippen molar-refractivity contribution in [2.75, 3.05) is 0 Å². The monoisotopic (exact) mass is 406 g/mol. The first-order chi connectivity index (χ1) is 10.7. The van der Waals surface area contributed by atoms with Crippen LogP contribution in [-0.4, -0.2) is 37.1 Å². The van der Waals surface area contributed by atoms with Crippen molar-refractivity contribution in [2.24, 2.45) is 0 Å². The fourth-order valence-electron chi connectivity index (χ4n) is 2.13. The molecule has 0 saturated carbocycles. The van der Waals surface area contributed by atoms with E-state index < -0.39 is 7.12 Å². The van der Waals surface area contributed by atoms with Gasteiger partial charge in [0.1, 0.15) is 11.3 Å². The van der Waals surface area contributed by atoms with Crippen LogP contribution in [0.15, 0.2) is 49.1 Å². The fourth-order valence-corrected chi connectivity index (χ4v) is 2.73. The SMILES string of the molecule is Ic1ccnc2[nH]ccc12.OB(O)c1ccnc2[nH]ccc12. The smallest absolute Gasteiger partial charge is 0.423 e. The summed E-state index contributed by atoms with van der Waals surface area (Å²) in [4.78, 5) is 14.1. The van der Waals surface area contributed by atoms with E-state index in [9.17, 15) is 0 Å². The second kappa shape index (κ2) is 6.47. The average molecular weight is 406 g/mol. The number of nitrogens with zero attached hydrogens (tertiary/aromatic N) is 2. The van der Waals surface area contributed by atoms with E-state index in [1.807, 2.05) is 18.3 Å². The molecule has 0 aromatic carbocycles. The van der Waals surface area contributed by atoms with Crippen LogP contribution in [0.3, 0.4) is 0 Å². The van der Waals surface area contributed by atoms with Gasteiger partial charge in [-0.05, 0) is 52.3 Å². The first kappa shape index (κ1) is 15.0. The van der Waals surface area contributed by atoms with Crippen LogP contribution in [0.2, 0.25) is 0 Å². The first-order valence-corrected chi connectivity index (χ1v) is 7.60. The molecule has 0 aliphatic carbocycles. The van der Waals surface area contributed by atoms with Crippen LogP contribution in [0, 0.1) is 3.57 Å². The molecule has 4 N–H and O–H groups in total. The predicted molar refractivity (Wildman–Crippen MR) is 94.7 cm³/mol. The van der Waals surface area contributed by atoms with Crippen molar-refractivity contribution in [3.05, 3.63) is 52.6 Å². The summed E-state index contributed by atoms with van der Waals surface area (Å²) >= 11 is 2.29. The van der Waals surface area contributed by atoms with Gasteiger partial charge in [0.15, 0.2) is 0 Å². The Bertz CT molecular complexity index is 906. The van der Waals surface area contributed by atoms with Gasteiger partial charge in [-0.15, -0.1) is 0 Å². The zero-order valence-electron chi connectivity index (χ0n) is 11.4. The Kier molecular flexibility index (Phi) is 4.41. The van der Waals surface area contributed by atoms with Gasteiger partial charge in [-0.3, -0.25) is 0 Å². The molecule has 0 aliphatic rings. The second-order valence-corrected chi connectivity index (χ2v) is 5.71. The van der Waals surface area contributed by atoms with Crippen molar-refractivity contribution < 1.29 is 10.0 Å². The number of fused-ring (bicyclic) bond motifs is 2. The van der Waals surface area contributed by atoms with Gasteiger partial charge in [-0.2, -0.15) is 0 Å². The number of halogens is 1. The first-order valence-electron chi connectivity index (χ1n) is 6.52. The average Bonchev–Trinajstić information content (AvgIpc) is 3.16. The molecule has 4 rings (SSSR count). The maximum Gasteiger partial charge on any atom is 0.489 e. The lowest BCUT2D eigenvalue weighted by Crippen LogP contribution is -2.30. The third-order valence-electron chi connectivity index (χ3n) is 3.18. The summed E-state index contributed by atoms with van der Waals surface area (Å²) < 4.78 is 1.24. The molecular formula is C14H12BIN4O2. The van der Waals surface area contributed by atoms with Gasteiger partial charge in [-0.25, -0.2) is 9.97 Å². The van der Waals surface area contributed by atoms with Gasteiger partial charge >= 0.3 is 7.12 Å². The zero-order chi connectivity index (χ0) is 15.5. The molecule has 22 heavy (non-hydrogen) atoms. The number of nitrogens with one attached hydrogen (secondary N) is 2. The lowest BCUT2D eigenvalue weighted by atomic mass is 9.79. The highest BCUT2D eigenvalue weighted by atomic mass is 127. The Morgan fingerprint density at radius 3 is 2.09 bits per heavy atom. The number of aromatic amines is 2. The molecule has 0 radical (unpaired) electrons. The Morgan fingerprint density at radius 1 is 0.864 bits per heavy atom. The Labute approximate surface area is 139 Å². The summed E-state index contributed by atoms with van der Waals surface area (Å²) in [6.45, 7) is 0. The van der Waals surface area contributed by atoms with Crippen molar-refractivity contribution in [3.8, 4) is 0 Å². The van der Waals surface area contributed by atoms with Gasteiger partial charge in [0.05, 0.1) is 0 Å². The largest absolute Gasteiger partial charge is 0.489 e. The number of aromatic nitrogens is 4. The quantitative estimate of drug-likeness (QED) is 0.284. The summed E-state index contributed by atoms with van der Waals surface area (Å²) in [5, 5.41) is 19.8. The highest BCUT2D eigenvalue weighted by molar-refractivity contribution is 14.1. The number of rotatable bonds is 1. The molecule has 0 saturated heterocycles. The topological polar surface area (TPSA) is 97.8 Å². The zero-order valence-corrected chi connectivity index (χ0v) is 13.5. The van der Waals surface area contributed by atoms with E-state index in [1.165, 1.54) is 15.2 Å². The van der Waals surface area contributed by atoms with E-state index >= 15 is 0 Å². The molecule has 4 aromatic heterocycles. The molecule has 0 aliphatic heterocycles. The summed E-state index contributed by atoms with van der Waals surface area (Å²) in [6, 6.07) is 7.37. The number of H-pyrrole nitrogens is 2. The predicted octanol–water partition coefficient (Wildman–Crippen LogP) is 1.41. The van der Waals surface area contributed by atoms with E-state index in [2.05, 4.69) is 42.5 Å². The standard InChI is InChI=1S/C7H7BN2O2.C7H5IN2/c11-8(12)6-2-4-10-7-5(6)1-3-9-7;8-6-2-4-10-7-5(6)1-3-9-7/h1-4,11-12H,(H,9,10);1-4H,(H,9,10). The molecule has 0 unspecified atom stereocenters. The van der Waals surface area contributed by atoms with Crippen molar-refractivity contribution in [1.29, 1.82) is 0 Å². The van der Waals surface area contributed by atoms with E-state index in [1.54, 1.807) is 24.5 Å². The van der Waals surface area contributed by atoms with Crippen LogP contribution < -0.4 is 5.46 Å². The highest BCUT2D eigenvalue weighted by Crippen LogP contribution is 2.16. The minimum absolute atomic E-state index is 0.473. The molecule has 110 valence electrons. The van der Waals surface area contributed by atoms with Gasteiger partial charge in [0, 0.05) is 39.1 Å². The fraction of sp³-hybridized carbons (Fsp3) is 0. The van der Waals surface area contributed by atoms with E-state index in [0.717, 1.165) is 11.0 Å². The van der Waals surface area contributed by atoms with Crippen molar-refractivity contribution in [1.82, 2.24) is 19.9 Å².